The van der Waals surface area contributed by atoms with E-state index in [1.807, 2.05) is 0 Å². The lowest BCUT2D eigenvalue weighted by Crippen LogP contribution is -2.27. The summed E-state index contributed by atoms with van der Waals surface area (Å²) in [7, 11) is 0. The molecule has 3 aliphatic carbocycles. The van der Waals surface area contributed by atoms with Crippen LogP contribution in [0.25, 0.3) is 44.5 Å². The Hall–Kier alpha value is -6.44. The second-order valence-corrected chi connectivity index (χ2v) is 17.7. The van der Waals surface area contributed by atoms with Crippen molar-refractivity contribution in [2.75, 3.05) is 4.90 Å². The fourth-order valence-corrected chi connectivity index (χ4v) is 10.4. The van der Waals surface area contributed by atoms with Gasteiger partial charge < -0.3 is 4.90 Å². The smallest absolute Gasteiger partial charge is 0.0726 e. The molecule has 11 rings (SSSR count). The number of fused-ring (bicyclic) bond motifs is 13. The van der Waals surface area contributed by atoms with E-state index in [1.165, 1.54) is 83.5 Å². The lowest BCUT2D eigenvalue weighted by atomic mass is 9.69. The van der Waals surface area contributed by atoms with Gasteiger partial charge in [0.1, 0.15) is 0 Å². The molecule has 0 amide bonds. The van der Waals surface area contributed by atoms with E-state index in [0.29, 0.717) is 0 Å². The third-order valence-electron chi connectivity index (χ3n) is 13.3. The van der Waals surface area contributed by atoms with E-state index in [4.69, 9.17) is 0 Å². The number of hydrogen-bond donors (Lipinski definition) is 0. The first kappa shape index (κ1) is 33.9. The van der Waals surface area contributed by atoms with Gasteiger partial charge in [-0.15, -0.1) is 0 Å². The lowest BCUT2D eigenvalue weighted by Gasteiger charge is -2.33. The van der Waals surface area contributed by atoms with Crippen LogP contribution in [0.4, 0.5) is 17.1 Å². The average molecular weight is 732 g/mol. The van der Waals surface area contributed by atoms with E-state index >= 15 is 0 Å². The molecule has 1 heteroatoms. The van der Waals surface area contributed by atoms with Crippen LogP contribution in [-0.2, 0) is 16.2 Å². The molecule has 0 saturated heterocycles. The normalized spacial score (nSPS) is 14.7. The van der Waals surface area contributed by atoms with Crippen LogP contribution in [0.5, 0.6) is 0 Å². The number of anilines is 3. The second kappa shape index (κ2) is 12.0. The van der Waals surface area contributed by atoms with Crippen LogP contribution < -0.4 is 4.90 Å². The fraction of sp³-hybridized carbons (Fsp3) is 0.143. The maximum absolute atomic E-state index is 2.52. The molecule has 3 aliphatic rings. The van der Waals surface area contributed by atoms with Crippen molar-refractivity contribution in [3.8, 4) is 44.5 Å². The zero-order chi connectivity index (χ0) is 38.7. The minimum atomic E-state index is -0.445. The Morgan fingerprint density at radius 1 is 0.351 bits per heavy atom. The third-order valence-corrected chi connectivity index (χ3v) is 13.3. The van der Waals surface area contributed by atoms with Crippen LogP contribution in [0, 0.1) is 0 Å². The van der Waals surface area contributed by atoms with Gasteiger partial charge in [0.2, 0.25) is 0 Å². The zero-order valence-corrected chi connectivity index (χ0v) is 33.3. The highest BCUT2D eigenvalue weighted by atomic mass is 15.1. The standard InChI is InChI=1S/C56H45N/c1-54(2,3)38-25-30-46-47-32-29-41(35-53(47)56(52(46)33-38)49-21-13-10-18-43(49)44-19-11-14-22-50(44)56)57(39-26-23-37(24-27-39)36-15-7-6-8-16-36)40-28-31-45-42-17-9-12-20-48(42)55(4,5)51(45)34-40/h6-35H,1-5H3. The number of hydrogen-bond acceptors (Lipinski definition) is 1. The molecule has 0 saturated carbocycles. The van der Waals surface area contributed by atoms with Crippen molar-refractivity contribution in [3.63, 3.8) is 0 Å². The molecular formula is C56H45N. The summed E-state index contributed by atoms with van der Waals surface area (Å²) in [5, 5.41) is 0. The van der Waals surface area contributed by atoms with E-state index in [2.05, 4.69) is 222 Å². The molecule has 1 nitrogen and oxygen atoms in total. The summed E-state index contributed by atoms with van der Waals surface area (Å²) in [5.41, 5.74) is 22.9. The molecule has 0 aliphatic heterocycles. The first-order valence-electron chi connectivity index (χ1n) is 20.3. The van der Waals surface area contributed by atoms with Gasteiger partial charge in [0.15, 0.2) is 0 Å². The molecule has 0 unspecified atom stereocenters. The lowest BCUT2D eigenvalue weighted by molar-refractivity contribution is 0.588. The third kappa shape index (κ3) is 4.75. The van der Waals surface area contributed by atoms with Crippen molar-refractivity contribution in [1.29, 1.82) is 0 Å². The molecule has 0 atom stereocenters. The highest BCUT2D eigenvalue weighted by molar-refractivity contribution is 5.97. The van der Waals surface area contributed by atoms with Gasteiger partial charge in [-0.25, -0.2) is 0 Å². The minimum Gasteiger partial charge on any atom is -0.310 e. The maximum atomic E-state index is 2.52. The Balaban J connectivity index is 1.16. The van der Waals surface area contributed by atoms with E-state index in [1.54, 1.807) is 0 Å². The highest BCUT2D eigenvalue weighted by Crippen LogP contribution is 2.64. The summed E-state index contributed by atoms with van der Waals surface area (Å²) in [4.78, 5) is 2.48. The monoisotopic (exact) mass is 731 g/mol. The molecule has 0 N–H and O–H groups in total. The van der Waals surface area contributed by atoms with E-state index in [9.17, 15) is 0 Å². The summed E-state index contributed by atoms with van der Waals surface area (Å²) in [5.74, 6) is 0. The molecule has 0 radical (unpaired) electrons. The Bertz CT molecular complexity index is 2860. The summed E-state index contributed by atoms with van der Waals surface area (Å²) < 4.78 is 0. The quantitative estimate of drug-likeness (QED) is 0.174. The molecule has 0 fully saturated rings. The Morgan fingerprint density at radius 2 is 0.772 bits per heavy atom. The molecular weight excluding hydrogens is 687 g/mol. The summed E-state index contributed by atoms with van der Waals surface area (Å²) in [6.07, 6.45) is 0. The van der Waals surface area contributed by atoms with Crippen molar-refractivity contribution >= 4 is 17.1 Å². The largest absolute Gasteiger partial charge is 0.310 e. The molecule has 57 heavy (non-hydrogen) atoms. The number of benzene rings is 8. The van der Waals surface area contributed by atoms with Gasteiger partial charge in [0, 0.05) is 22.5 Å². The molecule has 8 aromatic carbocycles. The van der Waals surface area contributed by atoms with Gasteiger partial charge in [0.25, 0.3) is 0 Å². The number of nitrogens with zero attached hydrogens (tertiary/aromatic N) is 1. The van der Waals surface area contributed by atoms with Crippen molar-refractivity contribution in [1.82, 2.24) is 0 Å². The van der Waals surface area contributed by atoms with Crippen molar-refractivity contribution in [3.05, 3.63) is 221 Å². The first-order valence-corrected chi connectivity index (χ1v) is 20.3. The Kier molecular flexibility index (Phi) is 7.15. The van der Waals surface area contributed by atoms with Gasteiger partial charge in [0.05, 0.1) is 5.41 Å². The summed E-state index contributed by atoms with van der Waals surface area (Å²) in [6, 6.07) is 68.7. The van der Waals surface area contributed by atoms with Crippen LogP contribution >= 0.6 is 0 Å². The molecule has 0 aromatic heterocycles. The zero-order valence-electron chi connectivity index (χ0n) is 33.3. The van der Waals surface area contributed by atoms with Crippen molar-refractivity contribution < 1.29 is 0 Å². The van der Waals surface area contributed by atoms with E-state index in [-0.39, 0.29) is 10.8 Å². The minimum absolute atomic E-state index is 0.0114. The maximum Gasteiger partial charge on any atom is 0.0726 e. The molecule has 0 heterocycles. The summed E-state index contributed by atoms with van der Waals surface area (Å²) in [6.45, 7) is 11.7. The van der Waals surface area contributed by atoms with Crippen molar-refractivity contribution in [2.45, 2.75) is 50.9 Å². The molecule has 0 bridgehead atoms. The van der Waals surface area contributed by atoms with Gasteiger partial charge in [-0.2, -0.15) is 0 Å². The summed E-state index contributed by atoms with van der Waals surface area (Å²) >= 11 is 0. The molecule has 274 valence electrons. The van der Waals surface area contributed by atoms with E-state index < -0.39 is 5.41 Å². The highest BCUT2D eigenvalue weighted by Gasteiger charge is 2.52. The van der Waals surface area contributed by atoms with Crippen LogP contribution in [0.2, 0.25) is 0 Å². The van der Waals surface area contributed by atoms with Gasteiger partial charge in [-0.05, 0) is 125 Å². The van der Waals surface area contributed by atoms with E-state index in [0.717, 1.165) is 17.1 Å². The number of rotatable bonds is 4. The van der Waals surface area contributed by atoms with Crippen LogP contribution in [0.1, 0.15) is 73.6 Å². The predicted octanol–water partition coefficient (Wildman–Crippen LogP) is 14.8. The van der Waals surface area contributed by atoms with Gasteiger partial charge >= 0.3 is 0 Å². The SMILES string of the molecule is CC(C)(C)c1ccc2c(c1)C1(c3ccccc3-c3ccccc31)c1cc(N(c3ccc(-c4ccccc4)cc3)c3ccc4c(c3)C(C)(C)c3ccccc3-4)ccc1-2. The predicted molar refractivity (Wildman–Crippen MR) is 239 cm³/mol. The Labute approximate surface area is 336 Å². The van der Waals surface area contributed by atoms with Gasteiger partial charge in [-0.3, -0.25) is 0 Å². The first-order chi connectivity index (χ1) is 27.7. The fourth-order valence-electron chi connectivity index (χ4n) is 10.4. The van der Waals surface area contributed by atoms with Crippen molar-refractivity contribution in [2.24, 2.45) is 0 Å². The molecule has 8 aromatic rings. The van der Waals surface area contributed by atoms with Crippen LogP contribution in [-0.4, -0.2) is 0 Å². The van der Waals surface area contributed by atoms with Crippen LogP contribution in [0.3, 0.4) is 0 Å². The Morgan fingerprint density at radius 3 is 1.37 bits per heavy atom. The molecule has 1 spiro atoms. The topological polar surface area (TPSA) is 3.24 Å². The average Bonchev–Trinajstić information content (AvgIpc) is 3.79. The van der Waals surface area contributed by atoms with Gasteiger partial charge in [-0.1, -0.05) is 180 Å². The van der Waals surface area contributed by atoms with Crippen LogP contribution in [0.15, 0.2) is 182 Å². The second-order valence-electron chi connectivity index (χ2n) is 17.7.